The van der Waals surface area contributed by atoms with E-state index in [0.29, 0.717) is 0 Å². The van der Waals surface area contributed by atoms with Crippen LogP contribution in [0, 0.1) is 5.82 Å². The lowest BCUT2D eigenvalue weighted by atomic mass is 10.0. The summed E-state index contributed by atoms with van der Waals surface area (Å²) in [5.41, 5.74) is 0.523. The number of carbonyl (C=O) groups is 1. The quantitative estimate of drug-likeness (QED) is 0.793. The number of hydrogen-bond donors (Lipinski definition) is 0. The first-order chi connectivity index (χ1) is 9.29. The Labute approximate surface area is 124 Å². The summed E-state index contributed by atoms with van der Waals surface area (Å²) >= 11 is 3.01. The van der Waals surface area contributed by atoms with E-state index in [1.54, 1.807) is 0 Å². The minimum Gasteiger partial charge on any atom is -0.289 e. The van der Waals surface area contributed by atoms with E-state index < -0.39 is 15.7 Å². The average Bonchev–Trinajstić information content (AvgIpc) is 2.40. The van der Waals surface area contributed by atoms with Crippen LogP contribution in [0.1, 0.15) is 15.9 Å². The number of halogens is 2. The van der Waals surface area contributed by atoms with Crippen molar-refractivity contribution in [2.45, 2.75) is 4.90 Å². The maximum Gasteiger partial charge on any atom is 0.193 e. The molecule has 104 valence electrons. The third-order valence-corrected chi connectivity index (χ3v) is 4.42. The van der Waals surface area contributed by atoms with Crippen LogP contribution in [0.2, 0.25) is 0 Å². The van der Waals surface area contributed by atoms with Gasteiger partial charge < -0.3 is 0 Å². The third kappa shape index (κ3) is 3.13. The van der Waals surface area contributed by atoms with Gasteiger partial charge in [0.1, 0.15) is 5.82 Å². The molecule has 0 saturated heterocycles. The van der Waals surface area contributed by atoms with Crippen molar-refractivity contribution in [3.63, 3.8) is 0 Å². The van der Waals surface area contributed by atoms with Crippen molar-refractivity contribution in [2.75, 3.05) is 6.26 Å². The van der Waals surface area contributed by atoms with E-state index in [2.05, 4.69) is 15.9 Å². The van der Waals surface area contributed by atoms with Gasteiger partial charge in [-0.25, -0.2) is 12.8 Å². The van der Waals surface area contributed by atoms with Gasteiger partial charge in [0.05, 0.1) is 9.37 Å². The summed E-state index contributed by atoms with van der Waals surface area (Å²) in [4.78, 5) is 12.3. The van der Waals surface area contributed by atoms with Gasteiger partial charge in [-0.2, -0.15) is 0 Å². The van der Waals surface area contributed by atoms with Crippen molar-refractivity contribution in [3.8, 4) is 0 Å². The lowest BCUT2D eigenvalue weighted by Crippen LogP contribution is -2.04. The first-order valence-electron chi connectivity index (χ1n) is 5.59. The van der Waals surface area contributed by atoms with Crippen molar-refractivity contribution in [2.24, 2.45) is 0 Å². The molecule has 2 aromatic rings. The molecule has 3 nitrogen and oxygen atoms in total. The second-order valence-corrected chi connectivity index (χ2v) is 7.13. The molecule has 2 rings (SSSR count). The van der Waals surface area contributed by atoms with Crippen molar-refractivity contribution in [1.29, 1.82) is 0 Å². The van der Waals surface area contributed by atoms with E-state index in [1.165, 1.54) is 42.5 Å². The Morgan fingerprint density at radius 2 is 1.75 bits per heavy atom. The Balaban J connectivity index is 2.46. The maximum absolute atomic E-state index is 13.1. The van der Waals surface area contributed by atoms with Crippen LogP contribution in [0.15, 0.2) is 51.8 Å². The molecule has 0 aromatic heterocycles. The molecular weight excluding hydrogens is 347 g/mol. The minimum atomic E-state index is -3.38. The Bertz CT molecular complexity index is 785. The van der Waals surface area contributed by atoms with Crippen LogP contribution in [0.5, 0.6) is 0 Å². The fourth-order valence-electron chi connectivity index (χ4n) is 1.67. The monoisotopic (exact) mass is 356 g/mol. The van der Waals surface area contributed by atoms with Crippen LogP contribution >= 0.6 is 15.9 Å². The van der Waals surface area contributed by atoms with E-state index in [4.69, 9.17) is 0 Å². The molecule has 0 spiro atoms. The molecule has 6 heteroatoms. The molecular formula is C14H10BrFO3S. The van der Waals surface area contributed by atoms with Crippen LogP contribution < -0.4 is 0 Å². The van der Waals surface area contributed by atoms with Crippen molar-refractivity contribution in [3.05, 3.63) is 63.9 Å². The molecule has 0 fully saturated rings. The first-order valence-corrected chi connectivity index (χ1v) is 8.27. The van der Waals surface area contributed by atoms with Gasteiger partial charge in [-0.1, -0.05) is 12.1 Å². The highest BCUT2D eigenvalue weighted by molar-refractivity contribution is 9.10. The van der Waals surface area contributed by atoms with Gasteiger partial charge in [0.2, 0.25) is 0 Å². The lowest BCUT2D eigenvalue weighted by molar-refractivity contribution is 0.103. The highest BCUT2D eigenvalue weighted by Gasteiger charge is 2.14. The molecule has 0 radical (unpaired) electrons. The van der Waals surface area contributed by atoms with Crippen LogP contribution in [0.4, 0.5) is 4.39 Å². The van der Waals surface area contributed by atoms with Crippen LogP contribution in [-0.2, 0) is 9.84 Å². The third-order valence-electron chi connectivity index (χ3n) is 2.71. The summed E-state index contributed by atoms with van der Waals surface area (Å²) in [6.45, 7) is 0. The zero-order chi connectivity index (χ0) is 14.9. The predicted octanol–water partition coefficient (Wildman–Crippen LogP) is 3.22. The fraction of sp³-hybridized carbons (Fsp3) is 0.0714. The maximum atomic E-state index is 13.1. The number of carbonyl (C=O) groups excluding carboxylic acids is 1. The zero-order valence-electron chi connectivity index (χ0n) is 10.4. The van der Waals surface area contributed by atoms with Gasteiger partial charge in [-0.3, -0.25) is 4.79 Å². The molecule has 0 aliphatic heterocycles. The highest BCUT2D eigenvalue weighted by atomic mass is 79.9. The normalized spacial score (nSPS) is 11.3. The van der Waals surface area contributed by atoms with Crippen LogP contribution in [0.25, 0.3) is 0 Å². The number of sulfone groups is 1. The molecule has 0 bridgehead atoms. The second-order valence-electron chi connectivity index (χ2n) is 4.26. The molecule has 0 aliphatic rings. The lowest BCUT2D eigenvalue weighted by Gasteiger charge is -2.04. The van der Waals surface area contributed by atoms with Gasteiger partial charge in [-0.15, -0.1) is 0 Å². The van der Waals surface area contributed by atoms with E-state index in [9.17, 15) is 17.6 Å². The van der Waals surface area contributed by atoms with Crippen LogP contribution in [-0.4, -0.2) is 20.5 Å². The van der Waals surface area contributed by atoms with Gasteiger partial charge >= 0.3 is 0 Å². The number of hydrogen-bond acceptors (Lipinski definition) is 3. The van der Waals surface area contributed by atoms with E-state index in [1.807, 2.05) is 0 Å². The van der Waals surface area contributed by atoms with Gasteiger partial charge in [0, 0.05) is 17.4 Å². The summed E-state index contributed by atoms with van der Waals surface area (Å²) in [7, 11) is -3.38. The number of rotatable bonds is 3. The molecule has 0 N–H and O–H groups in total. The van der Waals surface area contributed by atoms with Crippen molar-refractivity contribution in [1.82, 2.24) is 0 Å². The number of benzene rings is 2. The van der Waals surface area contributed by atoms with E-state index >= 15 is 0 Å². The van der Waals surface area contributed by atoms with Crippen molar-refractivity contribution < 1.29 is 17.6 Å². The minimum absolute atomic E-state index is 0.0736. The Morgan fingerprint density at radius 3 is 2.35 bits per heavy atom. The molecule has 20 heavy (non-hydrogen) atoms. The van der Waals surface area contributed by atoms with Crippen LogP contribution in [0.3, 0.4) is 0 Å². The SMILES string of the molecule is CS(=O)(=O)c1cccc(C(=O)c2ccc(F)c(Br)c2)c1. The molecule has 0 aliphatic carbocycles. The number of ketones is 1. The smallest absolute Gasteiger partial charge is 0.193 e. The van der Waals surface area contributed by atoms with E-state index in [0.717, 1.165) is 6.26 Å². The Kier molecular flexibility index (Phi) is 4.06. The summed E-state index contributed by atoms with van der Waals surface area (Å²) in [6.07, 6.45) is 1.07. The topological polar surface area (TPSA) is 51.2 Å². The highest BCUT2D eigenvalue weighted by Crippen LogP contribution is 2.20. The molecule has 0 heterocycles. The largest absolute Gasteiger partial charge is 0.289 e. The average molecular weight is 357 g/mol. The second kappa shape index (κ2) is 5.46. The molecule has 0 unspecified atom stereocenters. The molecule has 0 amide bonds. The van der Waals surface area contributed by atoms with Gasteiger partial charge in [-0.05, 0) is 46.3 Å². The first kappa shape index (κ1) is 14.9. The van der Waals surface area contributed by atoms with Gasteiger partial charge in [0.15, 0.2) is 15.6 Å². The van der Waals surface area contributed by atoms with E-state index in [-0.39, 0.29) is 26.3 Å². The fourth-order valence-corrected chi connectivity index (χ4v) is 2.72. The Hall–Kier alpha value is -1.53. The molecule has 0 atom stereocenters. The van der Waals surface area contributed by atoms with Crippen molar-refractivity contribution >= 4 is 31.6 Å². The summed E-state index contributed by atoms with van der Waals surface area (Å²) in [5.74, 6) is -0.831. The zero-order valence-corrected chi connectivity index (χ0v) is 12.8. The molecule has 0 saturated carbocycles. The van der Waals surface area contributed by atoms with Gasteiger partial charge in [0.25, 0.3) is 0 Å². The standard InChI is InChI=1S/C14H10BrFO3S/c1-20(18,19)11-4-2-3-9(7-11)14(17)10-5-6-13(16)12(15)8-10/h2-8H,1H3. The summed E-state index contributed by atoms with van der Waals surface area (Å²) in [6, 6.07) is 9.66. The Morgan fingerprint density at radius 1 is 1.10 bits per heavy atom. The summed E-state index contributed by atoms with van der Waals surface area (Å²) in [5, 5.41) is 0. The summed E-state index contributed by atoms with van der Waals surface area (Å²) < 4.78 is 36.3. The predicted molar refractivity (Wildman–Crippen MR) is 77.1 cm³/mol. The molecule has 2 aromatic carbocycles.